The first kappa shape index (κ1) is 17.1. The molecule has 130 valence electrons. The van der Waals surface area contributed by atoms with Crippen LogP contribution in [0.1, 0.15) is 24.0 Å². The summed E-state index contributed by atoms with van der Waals surface area (Å²) in [6, 6.07) is 16.0. The average Bonchev–Trinajstić information content (AvgIpc) is 3.20. The highest BCUT2D eigenvalue weighted by Crippen LogP contribution is 2.20. The Kier molecular flexibility index (Phi) is 5.73. The summed E-state index contributed by atoms with van der Waals surface area (Å²) in [4.78, 5) is 14.4. The Labute approximate surface area is 149 Å². The van der Waals surface area contributed by atoms with Crippen molar-refractivity contribution in [1.29, 1.82) is 0 Å². The van der Waals surface area contributed by atoms with Gasteiger partial charge in [-0.05, 0) is 54.3 Å². The van der Waals surface area contributed by atoms with E-state index in [1.54, 1.807) is 19.3 Å². The highest BCUT2D eigenvalue weighted by molar-refractivity contribution is 5.91. The second-order valence-corrected chi connectivity index (χ2v) is 6.19. The Morgan fingerprint density at radius 3 is 2.64 bits per heavy atom. The zero-order valence-electron chi connectivity index (χ0n) is 14.6. The second kappa shape index (κ2) is 8.38. The SMILES string of the molecule is COc1cccc(/C=C/C(=O)NCc2ccc(N3CCCC3)cc2)c1. The van der Waals surface area contributed by atoms with Crippen LogP contribution < -0.4 is 15.0 Å². The van der Waals surface area contributed by atoms with E-state index < -0.39 is 0 Å². The molecule has 2 aromatic rings. The third-order valence-electron chi connectivity index (χ3n) is 4.40. The molecule has 0 saturated carbocycles. The molecule has 4 nitrogen and oxygen atoms in total. The van der Waals surface area contributed by atoms with E-state index in [0.717, 1.165) is 30.0 Å². The molecule has 1 N–H and O–H groups in total. The van der Waals surface area contributed by atoms with Gasteiger partial charge in [-0.1, -0.05) is 24.3 Å². The Balaban J connectivity index is 1.50. The van der Waals surface area contributed by atoms with Gasteiger partial charge in [0.1, 0.15) is 5.75 Å². The first-order valence-electron chi connectivity index (χ1n) is 8.68. The van der Waals surface area contributed by atoms with Gasteiger partial charge in [-0.15, -0.1) is 0 Å². The van der Waals surface area contributed by atoms with E-state index in [1.165, 1.54) is 18.5 Å². The number of nitrogens with zero attached hydrogens (tertiary/aromatic N) is 1. The molecule has 1 aliphatic rings. The van der Waals surface area contributed by atoms with Crippen LogP contribution in [0, 0.1) is 0 Å². The van der Waals surface area contributed by atoms with Crippen LogP contribution in [0.5, 0.6) is 5.75 Å². The number of rotatable bonds is 6. The zero-order valence-corrected chi connectivity index (χ0v) is 14.6. The highest BCUT2D eigenvalue weighted by Gasteiger charge is 2.11. The maximum atomic E-state index is 12.0. The number of hydrogen-bond acceptors (Lipinski definition) is 3. The summed E-state index contributed by atoms with van der Waals surface area (Å²) in [5.74, 6) is 0.673. The molecule has 3 rings (SSSR count). The van der Waals surface area contributed by atoms with Gasteiger partial charge in [0.05, 0.1) is 7.11 Å². The van der Waals surface area contributed by atoms with E-state index in [0.29, 0.717) is 6.54 Å². The predicted octanol–water partition coefficient (Wildman–Crippen LogP) is 3.63. The molecule has 0 bridgehead atoms. The number of benzene rings is 2. The van der Waals surface area contributed by atoms with Crippen LogP contribution >= 0.6 is 0 Å². The van der Waals surface area contributed by atoms with Gasteiger partial charge in [0.2, 0.25) is 5.91 Å². The van der Waals surface area contributed by atoms with Crippen LogP contribution in [-0.2, 0) is 11.3 Å². The van der Waals surface area contributed by atoms with Crippen LogP contribution in [0.25, 0.3) is 6.08 Å². The fourth-order valence-electron chi connectivity index (χ4n) is 2.97. The molecule has 25 heavy (non-hydrogen) atoms. The van der Waals surface area contributed by atoms with Gasteiger partial charge < -0.3 is 15.0 Å². The Hall–Kier alpha value is -2.75. The summed E-state index contributed by atoms with van der Waals surface area (Å²) < 4.78 is 5.18. The number of ether oxygens (including phenoxy) is 1. The van der Waals surface area contributed by atoms with E-state index in [-0.39, 0.29) is 5.91 Å². The van der Waals surface area contributed by atoms with E-state index in [9.17, 15) is 4.79 Å². The summed E-state index contributed by atoms with van der Waals surface area (Å²) in [5.41, 5.74) is 3.31. The number of methoxy groups -OCH3 is 1. The maximum absolute atomic E-state index is 12.0. The van der Waals surface area contributed by atoms with Gasteiger partial charge in [0.25, 0.3) is 0 Å². The minimum absolute atomic E-state index is 0.105. The monoisotopic (exact) mass is 336 g/mol. The number of anilines is 1. The lowest BCUT2D eigenvalue weighted by atomic mass is 10.2. The molecular weight excluding hydrogens is 312 g/mol. The van der Waals surface area contributed by atoms with E-state index in [4.69, 9.17) is 4.74 Å². The van der Waals surface area contributed by atoms with Crippen molar-refractivity contribution in [2.24, 2.45) is 0 Å². The largest absolute Gasteiger partial charge is 0.497 e. The standard InChI is InChI=1S/C21H24N2O2/c1-25-20-6-4-5-17(15-20)9-12-21(24)22-16-18-7-10-19(11-8-18)23-13-2-3-14-23/h4-12,15H,2-3,13-14,16H2,1H3,(H,22,24)/b12-9+. The Morgan fingerprint density at radius 1 is 1.16 bits per heavy atom. The van der Waals surface area contributed by atoms with Gasteiger partial charge in [0.15, 0.2) is 0 Å². The molecule has 0 aliphatic carbocycles. The van der Waals surface area contributed by atoms with E-state index in [1.807, 2.05) is 24.3 Å². The van der Waals surface area contributed by atoms with E-state index >= 15 is 0 Å². The molecule has 0 aromatic heterocycles. The van der Waals surface area contributed by atoms with Crippen LogP contribution in [-0.4, -0.2) is 26.1 Å². The molecule has 0 spiro atoms. The van der Waals surface area contributed by atoms with Crippen LogP contribution in [0.15, 0.2) is 54.6 Å². The molecule has 1 fully saturated rings. The molecule has 1 amide bonds. The zero-order chi connectivity index (χ0) is 17.5. The Morgan fingerprint density at radius 2 is 1.92 bits per heavy atom. The lowest BCUT2D eigenvalue weighted by Crippen LogP contribution is -2.20. The molecule has 2 aromatic carbocycles. The van der Waals surface area contributed by atoms with Gasteiger partial charge >= 0.3 is 0 Å². The first-order chi connectivity index (χ1) is 12.2. The van der Waals surface area contributed by atoms with E-state index in [2.05, 4.69) is 34.5 Å². The van der Waals surface area contributed by atoms with Gasteiger partial charge in [0, 0.05) is 31.4 Å². The minimum Gasteiger partial charge on any atom is -0.497 e. The van der Waals surface area contributed by atoms with Crippen LogP contribution in [0.3, 0.4) is 0 Å². The van der Waals surface area contributed by atoms with Crippen molar-refractivity contribution in [2.45, 2.75) is 19.4 Å². The average molecular weight is 336 g/mol. The number of carbonyl (C=O) groups excluding carboxylic acids is 1. The summed E-state index contributed by atoms with van der Waals surface area (Å²) in [5, 5.41) is 2.92. The van der Waals surface area contributed by atoms with Crippen molar-refractivity contribution in [3.8, 4) is 5.75 Å². The van der Waals surface area contributed by atoms with Gasteiger partial charge in [-0.2, -0.15) is 0 Å². The maximum Gasteiger partial charge on any atom is 0.244 e. The normalized spacial score (nSPS) is 14.0. The van der Waals surface area contributed by atoms with Crippen molar-refractivity contribution in [1.82, 2.24) is 5.32 Å². The third kappa shape index (κ3) is 4.86. The van der Waals surface area contributed by atoms with Crippen molar-refractivity contribution in [3.05, 3.63) is 65.7 Å². The molecule has 1 heterocycles. The van der Waals surface area contributed by atoms with Crippen molar-refractivity contribution in [3.63, 3.8) is 0 Å². The smallest absolute Gasteiger partial charge is 0.244 e. The van der Waals surface area contributed by atoms with Crippen molar-refractivity contribution >= 4 is 17.7 Å². The molecular formula is C21H24N2O2. The third-order valence-corrected chi connectivity index (χ3v) is 4.40. The molecule has 1 aliphatic heterocycles. The lowest BCUT2D eigenvalue weighted by Gasteiger charge is -2.17. The summed E-state index contributed by atoms with van der Waals surface area (Å²) in [6.45, 7) is 2.82. The Bertz CT molecular complexity index is 732. The quantitative estimate of drug-likeness (QED) is 0.819. The number of carbonyl (C=O) groups is 1. The summed E-state index contributed by atoms with van der Waals surface area (Å²) in [7, 11) is 1.63. The number of hydrogen-bond donors (Lipinski definition) is 1. The predicted molar refractivity (Wildman–Crippen MR) is 102 cm³/mol. The van der Waals surface area contributed by atoms with Crippen LogP contribution in [0.4, 0.5) is 5.69 Å². The minimum atomic E-state index is -0.105. The van der Waals surface area contributed by atoms with Gasteiger partial charge in [-0.25, -0.2) is 0 Å². The number of amides is 1. The highest BCUT2D eigenvalue weighted by atomic mass is 16.5. The molecule has 1 saturated heterocycles. The summed E-state index contributed by atoms with van der Waals surface area (Å²) >= 11 is 0. The fourth-order valence-corrected chi connectivity index (χ4v) is 2.97. The topological polar surface area (TPSA) is 41.6 Å². The molecule has 4 heteroatoms. The lowest BCUT2D eigenvalue weighted by molar-refractivity contribution is -0.116. The molecule has 0 radical (unpaired) electrons. The fraction of sp³-hybridized carbons (Fsp3) is 0.286. The van der Waals surface area contributed by atoms with Crippen molar-refractivity contribution in [2.75, 3.05) is 25.1 Å². The van der Waals surface area contributed by atoms with Gasteiger partial charge in [-0.3, -0.25) is 4.79 Å². The molecule has 0 unspecified atom stereocenters. The first-order valence-corrected chi connectivity index (χ1v) is 8.68. The second-order valence-electron chi connectivity index (χ2n) is 6.19. The van der Waals surface area contributed by atoms with Crippen molar-refractivity contribution < 1.29 is 9.53 Å². The van der Waals surface area contributed by atoms with Crippen LogP contribution in [0.2, 0.25) is 0 Å². The molecule has 0 atom stereocenters. The summed E-state index contributed by atoms with van der Waals surface area (Å²) in [6.07, 6.45) is 5.89. The number of nitrogens with one attached hydrogen (secondary N) is 1.